The fourth-order valence-corrected chi connectivity index (χ4v) is 4.84. The minimum Gasteiger partial charge on any atom is -0.446 e. The highest BCUT2D eigenvalue weighted by Gasteiger charge is 2.35. The predicted octanol–water partition coefficient (Wildman–Crippen LogP) is 2.94. The number of aliphatic hydroxyl groups is 1. The maximum absolute atomic E-state index is 13.5. The van der Waals surface area contributed by atoms with Crippen LogP contribution < -0.4 is 16.0 Å². The third-order valence-electron chi connectivity index (χ3n) is 6.87. The van der Waals surface area contributed by atoms with Crippen LogP contribution in [-0.4, -0.2) is 78.3 Å². The van der Waals surface area contributed by atoms with Crippen molar-refractivity contribution >= 4 is 23.8 Å². The first-order chi connectivity index (χ1) is 19.4. The van der Waals surface area contributed by atoms with Gasteiger partial charge in [-0.15, -0.1) is 0 Å². The first-order valence-electron chi connectivity index (χ1n) is 14.5. The second kappa shape index (κ2) is 16.8. The van der Waals surface area contributed by atoms with Crippen LogP contribution in [-0.2, 0) is 25.5 Å². The molecule has 1 heterocycles. The molecule has 10 nitrogen and oxygen atoms in total. The van der Waals surface area contributed by atoms with Crippen molar-refractivity contribution in [3.05, 3.63) is 48.0 Å². The Morgan fingerprint density at radius 2 is 1.76 bits per heavy atom. The minimum atomic E-state index is -1.60. The van der Waals surface area contributed by atoms with Crippen molar-refractivity contribution in [3.8, 4) is 0 Å². The first kappa shape index (κ1) is 33.8. The van der Waals surface area contributed by atoms with Crippen LogP contribution in [0.15, 0.2) is 42.5 Å². The molecule has 0 aromatic heterocycles. The molecule has 0 saturated carbocycles. The Morgan fingerprint density at radius 3 is 2.37 bits per heavy atom. The number of benzene rings is 1. The molecule has 0 aliphatic carbocycles. The summed E-state index contributed by atoms with van der Waals surface area (Å²) in [6, 6.07) is 7.47. The second-order valence-electron chi connectivity index (χ2n) is 11.7. The van der Waals surface area contributed by atoms with E-state index in [1.807, 2.05) is 56.3 Å². The molecule has 4 amide bonds. The summed E-state index contributed by atoms with van der Waals surface area (Å²) in [7, 11) is 3.30. The van der Waals surface area contributed by atoms with Gasteiger partial charge >= 0.3 is 6.09 Å². The van der Waals surface area contributed by atoms with Gasteiger partial charge in [-0.3, -0.25) is 14.4 Å². The Labute approximate surface area is 244 Å². The quantitative estimate of drug-likeness (QED) is 0.354. The summed E-state index contributed by atoms with van der Waals surface area (Å²) in [5.74, 6) is -1.92. The molecule has 0 fully saturated rings. The third-order valence-corrected chi connectivity index (χ3v) is 6.87. The van der Waals surface area contributed by atoms with Crippen LogP contribution in [0.1, 0.15) is 65.4 Å². The van der Waals surface area contributed by atoms with E-state index in [2.05, 4.69) is 16.0 Å². The monoisotopic (exact) mass is 572 g/mol. The topological polar surface area (TPSA) is 137 Å². The molecule has 5 atom stereocenters. The smallest absolute Gasteiger partial charge is 0.408 e. The molecule has 1 aliphatic rings. The number of nitrogens with one attached hydrogen (secondary N) is 3. The van der Waals surface area contributed by atoms with Crippen LogP contribution in [0.2, 0.25) is 0 Å². The highest BCUT2D eigenvalue weighted by Crippen LogP contribution is 2.20. The average Bonchev–Trinajstić information content (AvgIpc) is 2.89. The van der Waals surface area contributed by atoms with E-state index in [1.54, 1.807) is 27.9 Å². The summed E-state index contributed by atoms with van der Waals surface area (Å²) < 4.78 is 5.80. The Bertz CT molecular complexity index is 1030. The van der Waals surface area contributed by atoms with Gasteiger partial charge in [-0.05, 0) is 57.4 Å². The number of rotatable bonds is 8. The third kappa shape index (κ3) is 11.9. The molecule has 2 rings (SSSR count). The Kier molecular flexibility index (Phi) is 13.8. The second-order valence-corrected chi connectivity index (χ2v) is 11.7. The molecule has 228 valence electrons. The van der Waals surface area contributed by atoms with Gasteiger partial charge in [0.15, 0.2) is 6.10 Å². The molecular formula is C31H48N4O6. The van der Waals surface area contributed by atoms with Gasteiger partial charge in [0.25, 0.3) is 5.91 Å². The standard InChI is InChI=1S/C31H48N4O6/c1-20(2)17-26-28(37)33-25(27(36)29(38)32-21(3)4)19-23(30(39)35(5)6)15-11-8-12-16-24(41-31(40)34-26)18-22-13-9-7-10-14-22/h7-11,13-14,20-21,23-27,36H,12,15-19H2,1-6H3,(H,32,38)(H,33,37)(H,34,40)/b11-8-/t23?,24?,25-,26-,27?/m0/s1. The van der Waals surface area contributed by atoms with Crippen molar-refractivity contribution < 1.29 is 29.0 Å². The Balaban J connectivity index is 2.41. The number of carbonyl (C=O) groups is 4. The highest BCUT2D eigenvalue weighted by atomic mass is 16.6. The van der Waals surface area contributed by atoms with Gasteiger partial charge in [0.1, 0.15) is 12.1 Å². The van der Waals surface area contributed by atoms with Gasteiger partial charge < -0.3 is 30.7 Å². The van der Waals surface area contributed by atoms with Crippen molar-refractivity contribution in [2.24, 2.45) is 11.8 Å². The summed E-state index contributed by atoms with van der Waals surface area (Å²) in [5, 5.41) is 19.2. The first-order valence-corrected chi connectivity index (χ1v) is 14.5. The molecular weight excluding hydrogens is 524 g/mol. The molecule has 1 aliphatic heterocycles. The van der Waals surface area contributed by atoms with Crippen LogP contribution in [0.4, 0.5) is 4.79 Å². The van der Waals surface area contributed by atoms with E-state index in [0.717, 1.165) is 5.56 Å². The number of cyclic esters (lactones) is 1. The van der Waals surface area contributed by atoms with Gasteiger partial charge in [0.2, 0.25) is 11.8 Å². The molecule has 3 unspecified atom stereocenters. The van der Waals surface area contributed by atoms with Crippen molar-refractivity contribution in [2.75, 3.05) is 14.1 Å². The molecule has 0 saturated heterocycles. The van der Waals surface area contributed by atoms with Crippen molar-refractivity contribution in [2.45, 2.75) is 96.6 Å². The van der Waals surface area contributed by atoms with E-state index in [-0.39, 0.29) is 24.3 Å². The molecule has 10 heteroatoms. The lowest BCUT2D eigenvalue weighted by atomic mass is 9.91. The van der Waals surface area contributed by atoms with Gasteiger partial charge in [0, 0.05) is 32.5 Å². The summed E-state index contributed by atoms with van der Waals surface area (Å²) >= 11 is 0. The van der Waals surface area contributed by atoms with Gasteiger partial charge in [-0.1, -0.05) is 56.3 Å². The summed E-state index contributed by atoms with van der Waals surface area (Å²) in [6.07, 6.45) is 3.51. The number of ether oxygens (including phenoxy) is 1. The lowest BCUT2D eigenvalue weighted by Gasteiger charge is -2.30. The van der Waals surface area contributed by atoms with Crippen molar-refractivity contribution in [1.29, 1.82) is 0 Å². The molecule has 0 radical (unpaired) electrons. The van der Waals surface area contributed by atoms with E-state index in [0.29, 0.717) is 32.1 Å². The molecule has 0 spiro atoms. The minimum absolute atomic E-state index is 0.0370. The van der Waals surface area contributed by atoms with Gasteiger partial charge in [-0.25, -0.2) is 4.79 Å². The van der Waals surface area contributed by atoms with Gasteiger partial charge in [0.05, 0.1) is 6.04 Å². The van der Waals surface area contributed by atoms with Crippen molar-refractivity contribution in [3.63, 3.8) is 0 Å². The maximum atomic E-state index is 13.5. The molecule has 1 aromatic rings. The number of allylic oxidation sites excluding steroid dienone is 2. The number of amides is 4. The van der Waals surface area contributed by atoms with E-state index >= 15 is 0 Å². The lowest BCUT2D eigenvalue weighted by molar-refractivity contribution is -0.137. The molecule has 4 N–H and O–H groups in total. The zero-order valence-corrected chi connectivity index (χ0v) is 25.3. The van der Waals surface area contributed by atoms with Gasteiger partial charge in [-0.2, -0.15) is 0 Å². The number of carbonyl (C=O) groups excluding carboxylic acids is 4. The number of alkyl carbamates (subject to hydrolysis) is 1. The average molecular weight is 573 g/mol. The largest absolute Gasteiger partial charge is 0.446 e. The number of nitrogens with zero attached hydrogens (tertiary/aromatic N) is 1. The number of hydrogen-bond donors (Lipinski definition) is 4. The lowest BCUT2D eigenvalue weighted by Crippen LogP contribution is -2.57. The molecule has 1 aromatic carbocycles. The fourth-order valence-electron chi connectivity index (χ4n) is 4.84. The molecule has 0 bridgehead atoms. The Morgan fingerprint density at radius 1 is 1.07 bits per heavy atom. The highest BCUT2D eigenvalue weighted by molar-refractivity contribution is 5.88. The van der Waals surface area contributed by atoms with Crippen LogP contribution in [0.25, 0.3) is 0 Å². The predicted molar refractivity (Wildman–Crippen MR) is 158 cm³/mol. The molecule has 41 heavy (non-hydrogen) atoms. The van der Waals surface area contributed by atoms with Crippen LogP contribution in [0.5, 0.6) is 0 Å². The van der Waals surface area contributed by atoms with E-state index < -0.39 is 48.1 Å². The number of aliphatic hydroxyl groups excluding tert-OH is 1. The Hall–Kier alpha value is -3.40. The number of hydrogen-bond acceptors (Lipinski definition) is 6. The van der Waals surface area contributed by atoms with E-state index in [9.17, 15) is 24.3 Å². The summed E-state index contributed by atoms with van der Waals surface area (Å²) in [6.45, 7) is 7.38. The zero-order valence-electron chi connectivity index (χ0n) is 25.3. The van der Waals surface area contributed by atoms with Crippen LogP contribution >= 0.6 is 0 Å². The van der Waals surface area contributed by atoms with Crippen molar-refractivity contribution in [1.82, 2.24) is 20.9 Å². The summed E-state index contributed by atoms with van der Waals surface area (Å²) in [5.41, 5.74) is 1.02. The van der Waals surface area contributed by atoms with Crippen LogP contribution in [0, 0.1) is 11.8 Å². The maximum Gasteiger partial charge on any atom is 0.408 e. The van der Waals surface area contributed by atoms with E-state index in [4.69, 9.17) is 4.74 Å². The summed E-state index contributed by atoms with van der Waals surface area (Å²) in [4.78, 5) is 53.9. The SMILES string of the molecule is CC(C)C[C@@H]1NC(=O)OC(Cc2ccccc2)CC/C=C\CC(C(=O)N(C)C)C[C@@H](C(O)C(=O)NC(C)C)NC1=O. The normalized spacial score (nSPS) is 24.2. The van der Waals surface area contributed by atoms with Crippen LogP contribution in [0.3, 0.4) is 0 Å². The van der Waals surface area contributed by atoms with E-state index in [1.165, 1.54) is 4.90 Å². The zero-order chi connectivity index (χ0) is 30.5. The fraction of sp³-hybridized carbons (Fsp3) is 0.613.